The molecule has 14 heteroatoms. The highest BCUT2D eigenvalue weighted by molar-refractivity contribution is 5.87. The molecule has 36 heavy (non-hydrogen) atoms. The van der Waals surface area contributed by atoms with E-state index in [1.165, 1.54) is 31.4 Å². The molecule has 0 aromatic heterocycles. The molecule has 0 spiro atoms. The first-order valence-corrected chi connectivity index (χ1v) is 10.9. The number of carbonyl (C=O) groups excluding carboxylic acids is 1. The number of aliphatic hydroxyl groups is 7. The Morgan fingerprint density at radius 1 is 1.06 bits per heavy atom. The predicted octanol–water partition coefficient (Wildman–Crippen LogP) is -3.42. The van der Waals surface area contributed by atoms with Gasteiger partial charge >= 0.3 is 5.97 Å². The third-order valence-electron chi connectivity index (χ3n) is 5.90. The molecule has 2 saturated heterocycles. The molecule has 2 aliphatic heterocycles. The van der Waals surface area contributed by atoms with Crippen molar-refractivity contribution < 1.29 is 69.3 Å². The molecule has 8 N–H and O–H groups in total. The van der Waals surface area contributed by atoms with E-state index in [9.17, 15) is 45.6 Å². The van der Waals surface area contributed by atoms with Gasteiger partial charge in [0.2, 0.25) is 5.79 Å². The summed E-state index contributed by atoms with van der Waals surface area (Å²) < 4.78 is 26.0. The smallest absolute Gasteiger partial charge is 0.330 e. The monoisotopic (exact) mass is 518 g/mol. The van der Waals surface area contributed by atoms with E-state index < -0.39 is 80.6 Å². The van der Waals surface area contributed by atoms with Gasteiger partial charge in [-0.15, -0.1) is 0 Å². The maximum atomic E-state index is 12.1. The van der Waals surface area contributed by atoms with Crippen LogP contribution in [-0.2, 0) is 23.7 Å². The van der Waals surface area contributed by atoms with Crippen LogP contribution in [0, 0.1) is 0 Å². The Hall–Kier alpha value is -2.37. The lowest BCUT2D eigenvalue weighted by atomic mass is 9.99. The van der Waals surface area contributed by atoms with Crippen LogP contribution in [0.5, 0.6) is 11.5 Å². The molecule has 2 fully saturated rings. The van der Waals surface area contributed by atoms with Gasteiger partial charge in [-0.25, -0.2) is 4.79 Å². The SMILES string of the molecule is COc1cc(/C=C/C(=O)OC[C@@H]2O[C@](CO)(O[C@H]3O[C@@H](CO)[C@H](O)[C@@H](O)[C@@H]3O)[C@H](O)[C@H]2O)ccc1O. The minimum absolute atomic E-state index is 0.0820. The van der Waals surface area contributed by atoms with Crippen LogP contribution in [0.1, 0.15) is 5.56 Å². The first-order valence-electron chi connectivity index (χ1n) is 10.9. The van der Waals surface area contributed by atoms with Gasteiger partial charge in [-0.2, -0.15) is 0 Å². The van der Waals surface area contributed by atoms with E-state index in [-0.39, 0.29) is 11.5 Å². The number of aliphatic hydroxyl groups excluding tert-OH is 7. The normalized spacial score (nSPS) is 36.8. The van der Waals surface area contributed by atoms with Gasteiger partial charge < -0.3 is 64.5 Å². The zero-order valence-electron chi connectivity index (χ0n) is 19.2. The van der Waals surface area contributed by atoms with Crippen LogP contribution in [-0.4, -0.2) is 129 Å². The van der Waals surface area contributed by atoms with Gasteiger partial charge in [0.05, 0.1) is 13.7 Å². The van der Waals surface area contributed by atoms with Crippen LogP contribution < -0.4 is 4.74 Å². The summed E-state index contributed by atoms with van der Waals surface area (Å²) in [6, 6.07) is 4.37. The molecule has 0 unspecified atom stereocenters. The molecule has 0 aliphatic carbocycles. The Morgan fingerprint density at radius 3 is 2.42 bits per heavy atom. The quantitative estimate of drug-likeness (QED) is 0.118. The second kappa shape index (κ2) is 11.8. The largest absolute Gasteiger partial charge is 0.504 e. The first kappa shape index (κ1) is 28.2. The van der Waals surface area contributed by atoms with Gasteiger partial charge in [0.1, 0.15) is 55.9 Å². The molecular formula is C22H30O14. The van der Waals surface area contributed by atoms with E-state index in [1.54, 1.807) is 0 Å². The Labute approximate surface area is 205 Å². The van der Waals surface area contributed by atoms with E-state index in [2.05, 4.69) is 0 Å². The van der Waals surface area contributed by atoms with Crippen molar-refractivity contribution in [2.24, 2.45) is 0 Å². The van der Waals surface area contributed by atoms with Crippen molar-refractivity contribution in [2.75, 3.05) is 26.9 Å². The highest BCUT2D eigenvalue weighted by atomic mass is 16.8. The summed E-state index contributed by atoms with van der Waals surface area (Å²) >= 11 is 0. The van der Waals surface area contributed by atoms with Crippen molar-refractivity contribution in [3.05, 3.63) is 29.8 Å². The first-order chi connectivity index (χ1) is 17.1. The fourth-order valence-electron chi connectivity index (χ4n) is 3.79. The molecule has 0 radical (unpaired) electrons. The molecule has 9 atom stereocenters. The third-order valence-corrected chi connectivity index (χ3v) is 5.90. The summed E-state index contributed by atoms with van der Waals surface area (Å²) in [5, 5.41) is 79.6. The van der Waals surface area contributed by atoms with Crippen molar-refractivity contribution in [3.63, 3.8) is 0 Å². The van der Waals surface area contributed by atoms with Crippen molar-refractivity contribution in [3.8, 4) is 11.5 Å². The summed E-state index contributed by atoms with van der Waals surface area (Å²) in [5.41, 5.74) is 0.515. The van der Waals surface area contributed by atoms with Gasteiger partial charge in [-0.05, 0) is 23.8 Å². The van der Waals surface area contributed by atoms with E-state index in [1.807, 2.05) is 0 Å². The van der Waals surface area contributed by atoms with Crippen LogP contribution in [0.25, 0.3) is 6.08 Å². The molecule has 1 aromatic rings. The lowest BCUT2D eigenvalue weighted by Gasteiger charge is -2.43. The molecule has 2 aliphatic rings. The number of phenols is 1. The summed E-state index contributed by atoms with van der Waals surface area (Å²) in [4.78, 5) is 12.1. The lowest BCUT2D eigenvalue weighted by molar-refractivity contribution is -0.383. The molecule has 14 nitrogen and oxygen atoms in total. The zero-order chi connectivity index (χ0) is 26.6. The topological polar surface area (TPSA) is 225 Å². The Balaban J connectivity index is 1.63. The Bertz CT molecular complexity index is 922. The van der Waals surface area contributed by atoms with Gasteiger partial charge in [-0.3, -0.25) is 0 Å². The van der Waals surface area contributed by atoms with Crippen LogP contribution in [0.15, 0.2) is 24.3 Å². The molecule has 202 valence electrons. The molecule has 2 heterocycles. The minimum Gasteiger partial charge on any atom is -0.504 e. The van der Waals surface area contributed by atoms with Crippen LogP contribution in [0.3, 0.4) is 0 Å². The van der Waals surface area contributed by atoms with Crippen molar-refractivity contribution in [2.45, 2.75) is 54.8 Å². The molecule has 1 aromatic carbocycles. The van der Waals surface area contributed by atoms with Crippen molar-refractivity contribution in [1.29, 1.82) is 0 Å². The number of rotatable bonds is 9. The second-order valence-electron chi connectivity index (χ2n) is 8.27. The number of phenolic OH excluding ortho intramolecular Hbond substituents is 1. The number of methoxy groups -OCH3 is 1. The number of hydrogen-bond acceptors (Lipinski definition) is 14. The standard InChI is InChI=1S/C22H30O14/c1-32-12-6-10(2-4-11(12)25)3-5-15(26)33-8-14-17(28)20(31)22(9-24,35-14)36-21-19(30)18(29)16(27)13(7-23)34-21/h2-6,13-14,16-21,23-25,27-31H,7-9H2,1H3/b5-3+/t13-,14-,16-,17-,18+,19-,20+,21+,22+/m0/s1. The highest BCUT2D eigenvalue weighted by Gasteiger charge is 2.58. The Kier molecular flexibility index (Phi) is 9.23. The Morgan fingerprint density at radius 2 is 1.78 bits per heavy atom. The summed E-state index contributed by atoms with van der Waals surface area (Å²) in [6.07, 6.45) is -11.0. The minimum atomic E-state index is -2.36. The van der Waals surface area contributed by atoms with Gasteiger partial charge in [-0.1, -0.05) is 6.07 Å². The van der Waals surface area contributed by atoms with Gasteiger partial charge in [0, 0.05) is 6.08 Å². The molecule has 0 bridgehead atoms. The average Bonchev–Trinajstić information content (AvgIpc) is 3.12. The van der Waals surface area contributed by atoms with Gasteiger partial charge in [0.25, 0.3) is 0 Å². The summed E-state index contributed by atoms with van der Waals surface area (Å²) in [6.45, 7) is -2.36. The maximum absolute atomic E-state index is 12.1. The van der Waals surface area contributed by atoms with E-state index in [4.69, 9.17) is 23.7 Å². The second-order valence-corrected chi connectivity index (χ2v) is 8.27. The van der Waals surface area contributed by atoms with Crippen molar-refractivity contribution >= 4 is 12.0 Å². The number of ether oxygens (including phenoxy) is 5. The fourth-order valence-corrected chi connectivity index (χ4v) is 3.79. The van der Waals surface area contributed by atoms with E-state index >= 15 is 0 Å². The van der Waals surface area contributed by atoms with Crippen molar-refractivity contribution in [1.82, 2.24) is 0 Å². The van der Waals surface area contributed by atoms with Gasteiger partial charge in [0.15, 0.2) is 17.8 Å². The number of benzene rings is 1. The molecule has 3 rings (SSSR count). The lowest BCUT2D eigenvalue weighted by Crippen LogP contribution is -2.62. The number of hydrogen-bond donors (Lipinski definition) is 8. The van der Waals surface area contributed by atoms with Crippen LogP contribution in [0.4, 0.5) is 0 Å². The molecule has 0 amide bonds. The average molecular weight is 518 g/mol. The van der Waals surface area contributed by atoms with Crippen LogP contribution >= 0.6 is 0 Å². The van der Waals surface area contributed by atoms with Crippen LogP contribution in [0.2, 0.25) is 0 Å². The zero-order valence-corrected chi connectivity index (χ0v) is 19.2. The van der Waals surface area contributed by atoms with E-state index in [0.717, 1.165) is 6.08 Å². The summed E-state index contributed by atoms with van der Waals surface area (Å²) in [7, 11) is 1.37. The third kappa shape index (κ3) is 5.78. The summed E-state index contributed by atoms with van der Waals surface area (Å²) in [5.74, 6) is -3.09. The highest BCUT2D eigenvalue weighted by Crippen LogP contribution is 2.36. The maximum Gasteiger partial charge on any atom is 0.330 e. The fraction of sp³-hybridized carbons (Fsp3) is 0.591. The molecular weight excluding hydrogens is 488 g/mol. The number of esters is 1. The van der Waals surface area contributed by atoms with E-state index in [0.29, 0.717) is 5.56 Å². The molecule has 0 saturated carbocycles. The predicted molar refractivity (Wildman–Crippen MR) is 116 cm³/mol. The number of carbonyl (C=O) groups is 1. The number of aromatic hydroxyl groups is 1.